The summed E-state index contributed by atoms with van der Waals surface area (Å²) in [6.45, 7) is 0.982. The molecule has 0 radical (unpaired) electrons. The topological polar surface area (TPSA) is 181 Å². The van der Waals surface area contributed by atoms with E-state index in [1.807, 2.05) is 72.8 Å². The molecule has 15 nitrogen and oxygen atoms in total. The molecule has 310 valence electrons. The number of aliphatic hydroxyl groups excluding tert-OH is 1. The Morgan fingerprint density at radius 1 is 0.931 bits per heavy atom. The van der Waals surface area contributed by atoms with Crippen LogP contribution in [0, 0.1) is 0 Å². The number of esters is 1. The summed E-state index contributed by atoms with van der Waals surface area (Å²) in [5, 5.41) is 15.4. The van der Waals surface area contributed by atoms with Crippen molar-refractivity contribution in [1.29, 1.82) is 0 Å². The van der Waals surface area contributed by atoms with Crippen LogP contribution in [0.2, 0.25) is 0 Å². The Balaban J connectivity index is 1.13. The molecule has 1 aliphatic carbocycles. The van der Waals surface area contributed by atoms with Crippen LogP contribution in [0.15, 0.2) is 102 Å². The third-order valence-corrected chi connectivity index (χ3v) is 9.82. The third-order valence-electron chi connectivity index (χ3n) is 9.82. The van der Waals surface area contributed by atoms with E-state index in [0.717, 1.165) is 48.8 Å². The van der Waals surface area contributed by atoms with E-state index in [9.17, 15) is 19.5 Å². The number of aliphatic hydroxyl groups is 1. The Morgan fingerprint density at radius 3 is 2.38 bits per heavy atom. The molecular formula is C43H53N5O10. The zero-order valence-corrected chi connectivity index (χ0v) is 32.6. The van der Waals surface area contributed by atoms with Gasteiger partial charge in [0.2, 0.25) is 5.62 Å². The van der Waals surface area contributed by atoms with Gasteiger partial charge in [-0.2, -0.15) is 4.98 Å². The van der Waals surface area contributed by atoms with E-state index in [0.29, 0.717) is 25.9 Å². The molecule has 6 rings (SSSR count). The minimum absolute atomic E-state index is 0.0571. The summed E-state index contributed by atoms with van der Waals surface area (Å²) in [7, 11) is 0. The van der Waals surface area contributed by atoms with Crippen molar-refractivity contribution in [2.75, 3.05) is 31.7 Å². The molecule has 15 heteroatoms. The van der Waals surface area contributed by atoms with Gasteiger partial charge in [0.25, 0.3) is 0 Å². The first-order chi connectivity index (χ1) is 28.4. The molecule has 2 amide bonds. The van der Waals surface area contributed by atoms with Gasteiger partial charge in [0.05, 0.1) is 12.7 Å². The SMILES string of the molecule is O=C(Nc1ccn(C2O[C@H](CO)CC2OC2CCCCO2)/c(=N/CCCC[C@H](NC(=O)OCc2ccccc2)C(=O)OCC2=CC=CCC2)n1)OCc1ccccc1. The highest BCUT2D eigenvalue weighted by atomic mass is 16.7. The highest BCUT2D eigenvalue weighted by Crippen LogP contribution is 2.32. The van der Waals surface area contributed by atoms with Crippen LogP contribution in [0.5, 0.6) is 0 Å². The molecule has 2 saturated heterocycles. The molecule has 0 spiro atoms. The van der Waals surface area contributed by atoms with Crippen molar-refractivity contribution in [3.8, 4) is 0 Å². The molecule has 3 aromatic rings. The number of nitrogens with zero attached hydrogens (tertiary/aromatic N) is 3. The van der Waals surface area contributed by atoms with Crippen molar-refractivity contribution in [1.82, 2.24) is 14.9 Å². The van der Waals surface area contributed by atoms with Gasteiger partial charge >= 0.3 is 18.2 Å². The van der Waals surface area contributed by atoms with E-state index >= 15 is 0 Å². The average Bonchev–Trinajstić information content (AvgIpc) is 3.67. The van der Waals surface area contributed by atoms with Crippen LogP contribution in [0.1, 0.15) is 75.1 Å². The lowest BCUT2D eigenvalue weighted by Gasteiger charge is -2.28. The summed E-state index contributed by atoms with van der Waals surface area (Å²) < 4.78 is 36.6. The number of benzene rings is 2. The van der Waals surface area contributed by atoms with Crippen LogP contribution >= 0.6 is 0 Å². The molecule has 3 heterocycles. The maximum absolute atomic E-state index is 13.3. The van der Waals surface area contributed by atoms with Crippen molar-refractivity contribution in [3.63, 3.8) is 0 Å². The fourth-order valence-electron chi connectivity index (χ4n) is 6.72. The zero-order chi connectivity index (χ0) is 40.4. The molecule has 3 aliphatic rings. The minimum Gasteiger partial charge on any atom is -0.460 e. The number of hydrogen-bond donors (Lipinski definition) is 3. The van der Waals surface area contributed by atoms with Crippen LogP contribution in [-0.2, 0) is 46.4 Å². The molecule has 5 atom stereocenters. The van der Waals surface area contributed by atoms with Crippen LogP contribution in [-0.4, -0.2) is 83.7 Å². The molecule has 58 heavy (non-hydrogen) atoms. The van der Waals surface area contributed by atoms with Crippen LogP contribution < -0.4 is 16.3 Å². The van der Waals surface area contributed by atoms with E-state index in [1.54, 1.807) is 16.8 Å². The van der Waals surface area contributed by atoms with E-state index in [1.165, 1.54) is 0 Å². The number of amides is 2. The fraction of sp³-hybridized carbons (Fsp3) is 0.465. The summed E-state index contributed by atoms with van der Waals surface area (Å²) in [4.78, 5) is 48.3. The van der Waals surface area contributed by atoms with Crippen LogP contribution in [0.3, 0.4) is 0 Å². The number of carbonyl (C=O) groups excluding carboxylic acids is 3. The van der Waals surface area contributed by atoms with E-state index < -0.39 is 48.9 Å². The third kappa shape index (κ3) is 13.4. The molecule has 0 bridgehead atoms. The Morgan fingerprint density at radius 2 is 1.69 bits per heavy atom. The monoisotopic (exact) mass is 799 g/mol. The van der Waals surface area contributed by atoms with E-state index in [4.69, 9.17) is 33.4 Å². The van der Waals surface area contributed by atoms with Gasteiger partial charge in [-0.25, -0.2) is 14.4 Å². The maximum atomic E-state index is 13.3. The highest BCUT2D eigenvalue weighted by molar-refractivity contribution is 5.83. The Labute approximate surface area is 338 Å². The summed E-state index contributed by atoms with van der Waals surface area (Å²) in [6.07, 6.45) is 10.3. The van der Waals surface area contributed by atoms with Gasteiger partial charge in [-0.05, 0) is 74.1 Å². The average molecular weight is 800 g/mol. The van der Waals surface area contributed by atoms with Gasteiger partial charge in [-0.3, -0.25) is 14.9 Å². The second-order valence-electron chi connectivity index (χ2n) is 14.3. The molecular weight excluding hydrogens is 746 g/mol. The molecule has 3 N–H and O–H groups in total. The predicted molar refractivity (Wildman–Crippen MR) is 212 cm³/mol. The van der Waals surface area contributed by atoms with Crippen molar-refractivity contribution in [2.45, 2.75) is 102 Å². The molecule has 1 aromatic heterocycles. The Kier molecular flexibility index (Phi) is 16.4. The standard InChI is InChI=1S/C43H53N5O10/c49-27-34-26-36(58-38-21-11-13-25-53-38)39(57-34)48-24-22-37(47-43(52)56-30-33-18-8-3-9-19-33)46-41(48)44-23-12-10-20-35(40(50)54-28-31-14-4-1-5-15-31)45-42(51)55-29-32-16-6-2-7-17-32/h1-4,6-9,14,16-19,22,24,34-36,38-39,49H,5,10-13,15,20-21,23,25-30H2,(H,45,51)(H,44,46,47,52)/t34-,35-,36?,38?,39?/m0/s1. The maximum Gasteiger partial charge on any atom is 0.413 e. The summed E-state index contributed by atoms with van der Waals surface area (Å²) in [5.74, 6) is -0.339. The number of hydrogen-bond acceptors (Lipinski definition) is 12. The van der Waals surface area contributed by atoms with E-state index in [2.05, 4.69) is 21.7 Å². The van der Waals surface area contributed by atoms with Crippen molar-refractivity contribution in [3.05, 3.63) is 113 Å². The smallest absolute Gasteiger partial charge is 0.413 e. The number of ether oxygens (including phenoxy) is 6. The number of carbonyl (C=O) groups is 3. The van der Waals surface area contributed by atoms with Gasteiger partial charge in [0, 0.05) is 25.8 Å². The predicted octanol–water partition coefficient (Wildman–Crippen LogP) is 6.01. The quantitative estimate of drug-likeness (QED) is 0.0779. The van der Waals surface area contributed by atoms with Crippen molar-refractivity contribution < 1.29 is 47.9 Å². The van der Waals surface area contributed by atoms with Crippen molar-refractivity contribution >= 4 is 24.0 Å². The lowest BCUT2D eigenvalue weighted by molar-refractivity contribution is -0.205. The lowest BCUT2D eigenvalue weighted by Crippen LogP contribution is -2.42. The zero-order valence-electron chi connectivity index (χ0n) is 32.6. The number of alkyl carbamates (subject to hydrolysis) is 1. The Hall–Kier alpha value is -5.35. The van der Waals surface area contributed by atoms with Gasteiger partial charge in [0.1, 0.15) is 37.8 Å². The number of allylic oxidation sites excluding steroid dienone is 3. The molecule has 2 aromatic carbocycles. The normalized spacial score (nSPS) is 21.1. The molecule has 2 fully saturated rings. The number of anilines is 1. The van der Waals surface area contributed by atoms with E-state index in [-0.39, 0.29) is 50.8 Å². The van der Waals surface area contributed by atoms with Gasteiger partial charge < -0.3 is 38.8 Å². The number of unbranched alkanes of at least 4 members (excludes halogenated alkanes) is 1. The summed E-state index contributed by atoms with van der Waals surface area (Å²) >= 11 is 0. The van der Waals surface area contributed by atoms with Gasteiger partial charge in [0.15, 0.2) is 12.5 Å². The largest absolute Gasteiger partial charge is 0.460 e. The first kappa shape index (κ1) is 42.3. The van der Waals surface area contributed by atoms with Crippen LogP contribution in [0.4, 0.5) is 15.4 Å². The number of nitrogens with one attached hydrogen (secondary N) is 2. The lowest BCUT2D eigenvalue weighted by atomic mass is 10.1. The van der Waals surface area contributed by atoms with Crippen molar-refractivity contribution in [2.24, 2.45) is 4.99 Å². The second kappa shape index (κ2) is 22.6. The highest BCUT2D eigenvalue weighted by Gasteiger charge is 2.39. The minimum atomic E-state index is -0.942. The fourth-order valence-corrected chi connectivity index (χ4v) is 6.72. The molecule has 2 aliphatic heterocycles. The molecule has 3 unspecified atom stereocenters. The van der Waals surface area contributed by atoms with Crippen LogP contribution in [0.25, 0.3) is 0 Å². The summed E-state index contributed by atoms with van der Waals surface area (Å²) in [6, 6.07) is 19.3. The first-order valence-electron chi connectivity index (χ1n) is 20.0. The Bertz CT molecular complexity index is 1900. The first-order valence-corrected chi connectivity index (χ1v) is 20.0. The second-order valence-corrected chi connectivity index (χ2v) is 14.3. The number of aromatic nitrogens is 2. The molecule has 0 saturated carbocycles. The summed E-state index contributed by atoms with van der Waals surface area (Å²) in [5.41, 5.74) is 2.90. The van der Waals surface area contributed by atoms with Gasteiger partial charge in [-0.15, -0.1) is 0 Å². The van der Waals surface area contributed by atoms with Gasteiger partial charge in [-0.1, -0.05) is 78.9 Å². The number of rotatable bonds is 18.